The van der Waals surface area contributed by atoms with Crippen LogP contribution in [0.15, 0.2) is 24.3 Å². The lowest BCUT2D eigenvalue weighted by Crippen LogP contribution is -2.50. The lowest BCUT2D eigenvalue weighted by Gasteiger charge is -2.37. The lowest BCUT2D eigenvalue weighted by atomic mass is 9.76. The first kappa shape index (κ1) is 18.0. The van der Waals surface area contributed by atoms with Crippen LogP contribution in [0.2, 0.25) is 5.02 Å². The lowest BCUT2D eigenvalue weighted by molar-refractivity contribution is -0.151. The van der Waals surface area contributed by atoms with Gasteiger partial charge in [0.1, 0.15) is 5.41 Å². The predicted molar refractivity (Wildman–Crippen MR) is 93.9 cm³/mol. The van der Waals surface area contributed by atoms with Crippen molar-refractivity contribution in [1.29, 1.82) is 0 Å². The van der Waals surface area contributed by atoms with Gasteiger partial charge in [-0.3, -0.25) is 4.79 Å². The number of hydrogen-bond acceptors (Lipinski definition) is 3. The number of benzene rings is 1. The summed E-state index contributed by atoms with van der Waals surface area (Å²) < 4.78 is 5.05. The number of likely N-dealkylation sites (tertiary alicyclic amines) is 1. The quantitative estimate of drug-likeness (QED) is 0.839. The van der Waals surface area contributed by atoms with Crippen molar-refractivity contribution >= 4 is 23.6 Å². The Bertz CT molecular complexity index is 662. The zero-order chi connectivity index (χ0) is 18.0. The molecule has 1 saturated carbocycles. The van der Waals surface area contributed by atoms with Gasteiger partial charge in [0, 0.05) is 31.3 Å². The van der Waals surface area contributed by atoms with Gasteiger partial charge in [-0.15, -0.1) is 0 Å². The molecular formula is C18H23ClN2O4. The van der Waals surface area contributed by atoms with E-state index in [-0.39, 0.29) is 25.2 Å². The molecule has 0 radical (unpaired) electrons. The number of carboxylic acids is 1. The van der Waals surface area contributed by atoms with Crippen LogP contribution < -0.4 is 5.32 Å². The molecule has 2 aliphatic rings. The minimum Gasteiger partial charge on any atom is -0.481 e. The SMILES string of the molecule is COCC1(C(=O)O)CCN(C(=O)NC2CC(c3ccccc3Cl)C2)C1. The number of hydrogen-bond donors (Lipinski definition) is 2. The molecule has 0 aromatic heterocycles. The maximum atomic E-state index is 12.4. The number of amides is 2. The van der Waals surface area contributed by atoms with Crippen LogP contribution >= 0.6 is 11.6 Å². The van der Waals surface area contributed by atoms with Crippen molar-refractivity contribution in [3.05, 3.63) is 34.9 Å². The fourth-order valence-electron chi connectivity index (χ4n) is 3.74. The van der Waals surface area contributed by atoms with Crippen molar-refractivity contribution in [3.8, 4) is 0 Å². The van der Waals surface area contributed by atoms with Crippen LogP contribution in [0.3, 0.4) is 0 Å². The molecule has 136 valence electrons. The third-order valence-electron chi connectivity index (χ3n) is 5.33. The summed E-state index contributed by atoms with van der Waals surface area (Å²) in [5.74, 6) is -0.545. The van der Waals surface area contributed by atoms with Gasteiger partial charge in [-0.1, -0.05) is 29.8 Å². The maximum Gasteiger partial charge on any atom is 0.317 e. The second-order valence-electron chi connectivity index (χ2n) is 7.03. The number of carboxylic acid groups (broad SMARTS) is 1. The minimum absolute atomic E-state index is 0.107. The van der Waals surface area contributed by atoms with Crippen LogP contribution in [-0.4, -0.2) is 54.9 Å². The summed E-state index contributed by atoms with van der Waals surface area (Å²) in [4.78, 5) is 25.6. The molecule has 1 aliphatic carbocycles. The molecule has 1 aliphatic heterocycles. The Kier molecular flexibility index (Phi) is 5.20. The summed E-state index contributed by atoms with van der Waals surface area (Å²) in [6.07, 6.45) is 2.12. The molecule has 7 heteroatoms. The van der Waals surface area contributed by atoms with Crippen LogP contribution in [0.25, 0.3) is 0 Å². The van der Waals surface area contributed by atoms with E-state index in [4.69, 9.17) is 16.3 Å². The Morgan fingerprint density at radius 2 is 2.12 bits per heavy atom. The molecule has 2 N–H and O–H groups in total. The van der Waals surface area contributed by atoms with Crippen LogP contribution in [0.4, 0.5) is 4.79 Å². The number of ether oxygens (including phenoxy) is 1. The number of rotatable bonds is 5. The van der Waals surface area contributed by atoms with Gasteiger partial charge in [0.05, 0.1) is 6.61 Å². The molecule has 1 unspecified atom stereocenters. The van der Waals surface area contributed by atoms with Crippen molar-refractivity contribution < 1.29 is 19.4 Å². The first-order chi connectivity index (χ1) is 11.9. The summed E-state index contributed by atoms with van der Waals surface area (Å²) in [7, 11) is 1.48. The van der Waals surface area contributed by atoms with E-state index in [9.17, 15) is 14.7 Å². The molecule has 0 spiro atoms. The molecule has 2 amide bonds. The highest BCUT2D eigenvalue weighted by atomic mass is 35.5. The number of halogens is 1. The Balaban J connectivity index is 1.51. The molecule has 0 bridgehead atoms. The first-order valence-electron chi connectivity index (χ1n) is 8.47. The highest BCUT2D eigenvalue weighted by molar-refractivity contribution is 6.31. The third-order valence-corrected chi connectivity index (χ3v) is 5.67. The van der Waals surface area contributed by atoms with E-state index in [1.165, 1.54) is 7.11 Å². The van der Waals surface area contributed by atoms with Crippen molar-refractivity contribution in [2.45, 2.75) is 31.2 Å². The number of urea groups is 1. The highest BCUT2D eigenvalue weighted by Crippen LogP contribution is 2.40. The van der Waals surface area contributed by atoms with Gasteiger partial charge >= 0.3 is 12.0 Å². The van der Waals surface area contributed by atoms with Crippen molar-refractivity contribution in [3.63, 3.8) is 0 Å². The molecule has 1 atom stereocenters. The normalized spacial score (nSPS) is 28.5. The third kappa shape index (κ3) is 3.60. The average Bonchev–Trinajstić information content (AvgIpc) is 2.97. The van der Waals surface area contributed by atoms with Gasteiger partial charge in [-0.2, -0.15) is 0 Å². The van der Waals surface area contributed by atoms with E-state index in [0.29, 0.717) is 18.9 Å². The maximum absolute atomic E-state index is 12.4. The molecule has 2 fully saturated rings. The zero-order valence-electron chi connectivity index (χ0n) is 14.2. The van der Waals surface area contributed by atoms with E-state index < -0.39 is 11.4 Å². The Morgan fingerprint density at radius 1 is 1.40 bits per heavy atom. The molecular weight excluding hydrogens is 344 g/mol. The molecule has 25 heavy (non-hydrogen) atoms. The van der Waals surface area contributed by atoms with Crippen molar-refractivity contribution in [2.75, 3.05) is 26.8 Å². The molecule has 1 aromatic carbocycles. The van der Waals surface area contributed by atoms with Gasteiger partial charge in [-0.05, 0) is 36.8 Å². The van der Waals surface area contributed by atoms with E-state index in [1.807, 2.05) is 24.3 Å². The van der Waals surface area contributed by atoms with E-state index in [2.05, 4.69) is 5.32 Å². The molecule has 1 saturated heterocycles. The van der Waals surface area contributed by atoms with Gasteiger partial charge in [0.2, 0.25) is 0 Å². The number of nitrogens with one attached hydrogen (secondary N) is 1. The standard InChI is InChI=1S/C18H23ClN2O4/c1-25-11-18(16(22)23)6-7-21(10-18)17(24)20-13-8-12(9-13)14-4-2-3-5-15(14)19/h2-5,12-13H,6-11H2,1H3,(H,20,24)(H,22,23). The summed E-state index contributed by atoms with van der Waals surface area (Å²) in [5, 5.41) is 13.2. The van der Waals surface area contributed by atoms with Crippen molar-refractivity contribution in [1.82, 2.24) is 10.2 Å². The zero-order valence-corrected chi connectivity index (χ0v) is 15.0. The molecule has 3 rings (SSSR count). The average molecular weight is 367 g/mol. The summed E-state index contributed by atoms with van der Waals surface area (Å²) in [6.45, 7) is 0.731. The second kappa shape index (κ2) is 7.22. The van der Waals surface area contributed by atoms with Gasteiger partial charge < -0.3 is 20.1 Å². The minimum atomic E-state index is -0.994. The fourth-order valence-corrected chi connectivity index (χ4v) is 4.03. The summed E-state index contributed by atoms with van der Waals surface area (Å²) in [5.41, 5.74) is 0.132. The van der Waals surface area contributed by atoms with Crippen LogP contribution in [0.1, 0.15) is 30.7 Å². The monoisotopic (exact) mass is 366 g/mol. The number of carbonyl (C=O) groups excluding carboxylic acids is 1. The fraction of sp³-hybridized carbons (Fsp3) is 0.556. The molecule has 6 nitrogen and oxygen atoms in total. The number of methoxy groups -OCH3 is 1. The van der Waals surface area contributed by atoms with E-state index in [1.54, 1.807) is 4.90 Å². The van der Waals surface area contributed by atoms with Gasteiger partial charge in [0.25, 0.3) is 0 Å². The Labute approximate surface area is 152 Å². The summed E-state index contributed by atoms with van der Waals surface area (Å²) >= 11 is 6.22. The number of aliphatic carboxylic acids is 1. The van der Waals surface area contributed by atoms with Crippen LogP contribution in [0.5, 0.6) is 0 Å². The van der Waals surface area contributed by atoms with Gasteiger partial charge in [0.15, 0.2) is 0 Å². The van der Waals surface area contributed by atoms with Gasteiger partial charge in [-0.25, -0.2) is 4.79 Å². The predicted octanol–water partition coefficient (Wildman–Crippen LogP) is 2.72. The molecule has 1 heterocycles. The van der Waals surface area contributed by atoms with E-state index in [0.717, 1.165) is 23.4 Å². The summed E-state index contributed by atoms with van der Waals surface area (Å²) in [6, 6.07) is 7.70. The number of nitrogens with zero attached hydrogens (tertiary/aromatic N) is 1. The Hall–Kier alpha value is -1.79. The van der Waals surface area contributed by atoms with Crippen LogP contribution in [0, 0.1) is 5.41 Å². The van der Waals surface area contributed by atoms with Crippen LogP contribution in [-0.2, 0) is 9.53 Å². The highest BCUT2D eigenvalue weighted by Gasteiger charge is 2.47. The Morgan fingerprint density at radius 3 is 2.76 bits per heavy atom. The first-order valence-corrected chi connectivity index (χ1v) is 8.85. The second-order valence-corrected chi connectivity index (χ2v) is 7.43. The number of carbonyl (C=O) groups is 2. The smallest absolute Gasteiger partial charge is 0.317 e. The van der Waals surface area contributed by atoms with Crippen molar-refractivity contribution in [2.24, 2.45) is 5.41 Å². The topological polar surface area (TPSA) is 78.9 Å². The largest absolute Gasteiger partial charge is 0.481 e. The van der Waals surface area contributed by atoms with E-state index >= 15 is 0 Å². The molecule has 1 aromatic rings.